The van der Waals surface area contributed by atoms with E-state index in [0.717, 1.165) is 22.5 Å². The van der Waals surface area contributed by atoms with Crippen LogP contribution in [-0.4, -0.2) is 15.3 Å². The van der Waals surface area contributed by atoms with E-state index in [1.807, 2.05) is 61.2 Å². The molecule has 1 atom stereocenters. The van der Waals surface area contributed by atoms with E-state index in [2.05, 4.69) is 15.5 Å². The number of hydrogen-bond donors (Lipinski definition) is 1. The minimum absolute atomic E-state index is 0.330. The largest absolute Gasteiger partial charge is 0.351 e. The predicted molar refractivity (Wildman–Crippen MR) is 136 cm³/mol. The second-order valence-corrected chi connectivity index (χ2v) is 8.86. The van der Waals surface area contributed by atoms with Gasteiger partial charge in [-0.15, -0.1) is 0 Å². The highest BCUT2D eigenvalue weighted by molar-refractivity contribution is 7.80. The van der Waals surface area contributed by atoms with Gasteiger partial charge in [-0.3, -0.25) is 4.90 Å². The quantitative estimate of drug-likeness (QED) is 0.321. The van der Waals surface area contributed by atoms with Gasteiger partial charge >= 0.3 is 0 Å². The van der Waals surface area contributed by atoms with Crippen LogP contribution in [0.2, 0.25) is 5.02 Å². The Labute approximate surface area is 206 Å². The van der Waals surface area contributed by atoms with Gasteiger partial charge in [-0.05, 0) is 68.0 Å². The van der Waals surface area contributed by atoms with Crippen LogP contribution in [-0.2, 0) is 0 Å². The van der Waals surface area contributed by atoms with Crippen molar-refractivity contribution in [2.75, 3.05) is 4.90 Å². The first-order valence-electron chi connectivity index (χ1n) is 10.6. The Bertz CT molecular complexity index is 1400. The molecule has 0 spiro atoms. The first-order chi connectivity index (χ1) is 16.4. The van der Waals surface area contributed by atoms with Crippen LogP contribution < -0.4 is 10.2 Å². The van der Waals surface area contributed by atoms with Crippen LogP contribution in [0.1, 0.15) is 30.0 Å². The van der Waals surface area contributed by atoms with E-state index in [1.54, 1.807) is 18.2 Å². The average molecular weight is 491 g/mol. The molecule has 0 saturated carbocycles. The number of thiocarbonyl (C=S) groups is 1. The molecule has 5 rings (SSSR count). The van der Waals surface area contributed by atoms with E-state index in [1.165, 1.54) is 12.1 Å². The van der Waals surface area contributed by atoms with Crippen molar-refractivity contribution in [3.05, 3.63) is 106 Å². The molecule has 0 radical (unpaired) electrons. The van der Waals surface area contributed by atoms with Crippen molar-refractivity contribution in [2.45, 2.75) is 19.9 Å². The Hall–Kier alpha value is -3.55. The zero-order chi connectivity index (χ0) is 23.8. The van der Waals surface area contributed by atoms with Crippen molar-refractivity contribution < 1.29 is 8.91 Å². The molecule has 1 unspecified atom stereocenters. The highest BCUT2D eigenvalue weighted by Crippen LogP contribution is 2.39. The average Bonchev–Trinajstić information content (AvgIpc) is 3.30. The summed E-state index contributed by atoms with van der Waals surface area (Å²) in [4.78, 5) is 6.57. The number of nitrogens with one attached hydrogen (secondary N) is 1. The van der Waals surface area contributed by atoms with Crippen LogP contribution in [0, 0.1) is 12.7 Å². The lowest BCUT2D eigenvalue weighted by Gasteiger charge is -2.37. The molecule has 0 saturated heterocycles. The molecule has 34 heavy (non-hydrogen) atoms. The van der Waals surface area contributed by atoms with Gasteiger partial charge < -0.3 is 9.84 Å². The molecular formula is C26H20ClFN4OS. The minimum Gasteiger partial charge on any atom is -0.351 e. The lowest BCUT2D eigenvalue weighted by molar-refractivity contribution is 0.404. The fraction of sp³-hybridized carbons (Fsp3) is 0.115. The number of anilines is 1. The van der Waals surface area contributed by atoms with Crippen molar-refractivity contribution in [2.24, 2.45) is 0 Å². The maximum atomic E-state index is 14.1. The van der Waals surface area contributed by atoms with Crippen LogP contribution in [0.3, 0.4) is 0 Å². The number of rotatable bonds is 4. The highest BCUT2D eigenvalue weighted by Gasteiger charge is 2.35. The number of benzene rings is 3. The Morgan fingerprint density at radius 2 is 1.76 bits per heavy atom. The van der Waals surface area contributed by atoms with Crippen molar-refractivity contribution in [1.82, 2.24) is 15.5 Å². The van der Waals surface area contributed by atoms with Crippen molar-refractivity contribution in [3.63, 3.8) is 0 Å². The van der Waals surface area contributed by atoms with Gasteiger partial charge in [-0.25, -0.2) is 4.39 Å². The molecule has 1 aliphatic rings. The van der Waals surface area contributed by atoms with Gasteiger partial charge in [0.1, 0.15) is 5.82 Å². The molecule has 0 bridgehead atoms. The molecule has 0 amide bonds. The molecule has 0 fully saturated rings. The topological polar surface area (TPSA) is 54.2 Å². The first-order valence-corrected chi connectivity index (χ1v) is 11.4. The molecule has 2 heterocycles. The van der Waals surface area contributed by atoms with E-state index in [9.17, 15) is 4.39 Å². The second-order valence-electron chi connectivity index (χ2n) is 8.04. The van der Waals surface area contributed by atoms with Gasteiger partial charge in [-0.1, -0.05) is 58.7 Å². The maximum absolute atomic E-state index is 14.1. The molecule has 5 nitrogen and oxygen atoms in total. The monoisotopic (exact) mass is 490 g/mol. The Kier molecular flexibility index (Phi) is 5.89. The third-order valence-electron chi connectivity index (χ3n) is 5.72. The third kappa shape index (κ3) is 4.20. The summed E-state index contributed by atoms with van der Waals surface area (Å²) in [6.45, 7) is 3.95. The van der Waals surface area contributed by atoms with Gasteiger partial charge in [0, 0.05) is 22.0 Å². The molecular weight excluding hydrogens is 471 g/mol. The zero-order valence-electron chi connectivity index (χ0n) is 18.4. The molecule has 170 valence electrons. The lowest BCUT2D eigenvalue weighted by atomic mass is 9.94. The summed E-state index contributed by atoms with van der Waals surface area (Å²) in [5, 5.41) is 8.63. The molecule has 1 aromatic heterocycles. The predicted octanol–water partition coefficient (Wildman–Crippen LogP) is 6.70. The van der Waals surface area contributed by atoms with Crippen LogP contribution >= 0.6 is 23.8 Å². The number of hydrogen-bond acceptors (Lipinski definition) is 4. The summed E-state index contributed by atoms with van der Waals surface area (Å²) < 4.78 is 19.9. The number of aryl methyl sites for hydroxylation is 1. The van der Waals surface area contributed by atoms with E-state index >= 15 is 0 Å². The minimum atomic E-state index is -0.474. The number of nitrogens with zero attached hydrogens (tertiary/aromatic N) is 3. The normalized spacial score (nSPS) is 16.1. The highest BCUT2D eigenvalue weighted by atomic mass is 35.5. The number of aromatic nitrogens is 2. The van der Waals surface area contributed by atoms with Crippen molar-refractivity contribution in [3.8, 4) is 11.4 Å². The summed E-state index contributed by atoms with van der Waals surface area (Å²) in [7, 11) is 0. The summed E-state index contributed by atoms with van der Waals surface area (Å²) >= 11 is 11.8. The molecule has 0 aliphatic carbocycles. The smallest absolute Gasteiger partial charge is 0.258 e. The fourth-order valence-electron chi connectivity index (χ4n) is 4.01. The number of halogens is 2. The van der Waals surface area contributed by atoms with E-state index in [-0.39, 0.29) is 5.82 Å². The van der Waals surface area contributed by atoms with Gasteiger partial charge in [0.05, 0.1) is 11.6 Å². The van der Waals surface area contributed by atoms with Gasteiger partial charge in [0.2, 0.25) is 5.82 Å². The van der Waals surface area contributed by atoms with Gasteiger partial charge in [0.15, 0.2) is 5.11 Å². The molecule has 3 aromatic carbocycles. The van der Waals surface area contributed by atoms with Crippen LogP contribution in [0.15, 0.2) is 83.0 Å². The zero-order valence-corrected chi connectivity index (χ0v) is 20.0. The van der Waals surface area contributed by atoms with Gasteiger partial charge in [0.25, 0.3) is 5.89 Å². The maximum Gasteiger partial charge on any atom is 0.258 e. The van der Waals surface area contributed by atoms with Gasteiger partial charge in [-0.2, -0.15) is 4.98 Å². The summed E-state index contributed by atoms with van der Waals surface area (Å²) in [6, 6.07) is 21.2. The van der Waals surface area contributed by atoms with Crippen LogP contribution in [0.5, 0.6) is 0 Å². The summed E-state index contributed by atoms with van der Waals surface area (Å²) in [5.74, 6) is 0.462. The standard InChI is InChI=1S/C26H20ClFN4OS/c1-15-6-8-17(9-7-15)24-30-25(33-31-24)22-16(2)32(21-12-10-19(27)11-13-21)26(34)29-23(22)18-4-3-5-20(28)14-18/h3-14,23H,1-2H3,(H,29,34). The second kappa shape index (κ2) is 9.00. The third-order valence-corrected chi connectivity index (χ3v) is 6.27. The molecule has 8 heteroatoms. The Morgan fingerprint density at radius 1 is 1.03 bits per heavy atom. The molecule has 1 N–H and O–H groups in total. The van der Waals surface area contributed by atoms with Crippen LogP contribution in [0.25, 0.3) is 17.0 Å². The Morgan fingerprint density at radius 3 is 2.47 bits per heavy atom. The fourth-order valence-corrected chi connectivity index (χ4v) is 4.50. The van der Waals surface area contributed by atoms with Crippen LogP contribution in [0.4, 0.5) is 10.1 Å². The molecule has 1 aliphatic heterocycles. The first kappa shape index (κ1) is 22.3. The SMILES string of the molecule is CC1=C(c2nc(-c3ccc(C)cc3)no2)C(c2cccc(F)c2)NC(=S)N1c1ccc(Cl)cc1. The van der Waals surface area contributed by atoms with Crippen molar-refractivity contribution in [1.29, 1.82) is 0 Å². The molecule has 4 aromatic rings. The number of allylic oxidation sites excluding steroid dienone is 1. The summed E-state index contributed by atoms with van der Waals surface area (Å²) in [6.07, 6.45) is 0. The lowest BCUT2D eigenvalue weighted by Crippen LogP contribution is -2.46. The van der Waals surface area contributed by atoms with E-state index < -0.39 is 6.04 Å². The van der Waals surface area contributed by atoms with E-state index in [0.29, 0.717) is 33.0 Å². The van der Waals surface area contributed by atoms with Crippen molar-refractivity contribution >= 4 is 40.2 Å². The Balaban J connectivity index is 1.65. The summed E-state index contributed by atoms with van der Waals surface area (Å²) in [5.41, 5.74) is 5.01. The van der Waals surface area contributed by atoms with E-state index in [4.69, 9.17) is 28.3 Å².